The molecular weight excluding hydrogens is 370 g/mol. The Bertz CT molecular complexity index is 1010. The first-order chi connectivity index (χ1) is 14.0. The van der Waals surface area contributed by atoms with Gasteiger partial charge in [0.2, 0.25) is 0 Å². The highest BCUT2D eigenvalue weighted by molar-refractivity contribution is 6.03. The number of halogens is 2. The number of amides is 2. The van der Waals surface area contributed by atoms with Crippen LogP contribution in [0.25, 0.3) is 0 Å². The third kappa shape index (κ3) is 3.86. The van der Waals surface area contributed by atoms with Crippen LogP contribution in [0.4, 0.5) is 25.0 Å². The van der Waals surface area contributed by atoms with Crippen LogP contribution in [0.3, 0.4) is 0 Å². The highest BCUT2D eigenvalue weighted by atomic mass is 19.1. The summed E-state index contributed by atoms with van der Waals surface area (Å²) in [5.41, 5.74) is 3.19. The second-order valence-electron chi connectivity index (χ2n) is 7.28. The van der Waals surface area contributed by atoms with Crippen molar-refractivity contribution < 1.29 is 13.6 Å². The molecule has 3 nitrogen and oxygen atoms in total. The van der Waals surface area contributed by atoms with Gasteiger partial charge >= 0.3 is 6.03 Å². The first-order valence-corrected chi connectivity index (χ1v) is 9.70. The van der Waals surface area contributed by atoms with Crippen LogP contribution in [0.1, 0.15) is 29.9 Å². The van der Waals surface area contributed by atoms with Crippen molar-refractivity contribution in [3.05, 3.63) is 95.6 Å². The van der Waals surface area contributed by atoms with E-state index in [1.807, 2.05) is 30.3 Å². The smallest absolute Gasteiger partial charge is 0.297 e. The number of hydrogen-bond acceptors (Lipinski definition) is 1. The normalized spacial score (nSPS) is 16.1. The predicted molar refractivity (Wildman–Crippen MR) is 111 cm³/mol. The third-order valence-corrected chi connectivity index (χ3v) is 5.47. The van der Waals surface area contributed by atoms with Crippen LogP contribution < -0.4 is 9.80 Å². The average Bonchev–Trinajstić information content (AvgIpc) is 2.93. The minimum Gasteiger partial charge on any atom is -0.297 e. The second-order valence-corrected chi connectivity index (χ2v) is 7.28. The van der Waals surface area contributed by atoms with E-state index in [2.05, 4.69) is 0 Å². The zero-order valence-corrected chi connectivity index (χ0v) is 16.2. The van der Waals surface area contributed by atoms with Gasteiger partial charge in [-0.15, -0.1) is 0 Å². The molecule has 0 N–H and O–H groups in total. The summed E-state index contributed by atoms with van der Waals surface area (Å²) in [4.78, 5) is 16.5. The van der Waals surface area contributed by atoms with Crippen LogP contribution in [-0.4, -0.2) is 19.6 Å². The molecule has 0 spiro atoms. The molecular formula is C24H22F2N2O. The quantitative estimate of drug-likeness (QED) is 0.528. The number of benzene rings is 3. The molecule has 1 atom stereocenters. The van der Waals surface area contributed by atoms with Crippen molar-refractivity contribution >= 4 is 17.4 Å². The fraction of sp³-hybridized carbons (Fsp3) is 0.208. The van der Waals surface area contributed by atoms with Gasteiger partial charge in [-0.2, -0.15) is 0 Å². The SMILES string of the molecule is CN(C(=O)N1CCCC(c2ccc(F)cc2)c2ccc(F)cc21)c1ccccc1. The van der Waals surface area contributed by atoms with Crippen molar-refractivity contribution in [3.8, 4) is 0 Å². The standard InChI is InChI=1S/C24H22F2N2O/c1-27(20-6-3-2-4-7-20)24(29)28-15-5-8-21(17-9-11-18(25)12-10-17)22-14-13-19(26)16-23(22)28/h2-4,6-7,9-14,16,21H,5,8,15H2,1H3. The molecule has 4 rings (SSSR count). The Morgan fingerprint density at radius 3 is 2.38 bits per heavy atom. The minimum atomic E-state index is -0.385. The van der Waals surface area contributed by atoms with Gasteiger partial charge in [0.15, 0.2) is 0 Å². The predicted octanol–water partition coefficient (Wildman–Crippen LogP) is 5.95. The van der Waals surface area contributed by atoms with Crippen molar-refractivity contribution in [2.24, 2.45) is 0 Å². The molecule has 1 unspecified atom stereocenters. The molecule has 3 aromatic rings. The number of carbonyl (C=O) groups excluding carboxylic acids is 1. The van der Waals surface area contributed by atoms with E-state index in [1.54, 1.807) is 35.0 Å². The first kappa shape index (κ1) is 19.1. The van der Waals surface area contributed by atoms with Crippen molar-refractivity contribution in [2.75, 3.05) is 23.4 Å². The van der Waals surface area contributed by atoms with Gasteiger partial charge in [-0.05, 0) is 60.4 Å². The van der Waals surface area contributed by atoms with Gasteiger partial charge in [0.1, 0.15) is 11.6 Å². The van der Waals surface area contributed by atoms with Crippen LogP contribution in [0.5, 0.6) is 0 Å². The zero-order valence-electron chi connectivity index (χ0n) is 16.2. The topological polar surface area (TPSA) is 23.6 Å². The first-order valence-electron chi connectivity index (χ1n) is 9.70. The molecule has 148 valence electrons. The van der Waals surface area contributed by atoms with Crippen LogP contribution >= 0.6 is 0 Å². The van der Waals surface area contributed by atoms with Crippen molar-refractivity contribution in [3.63, 3.8) is 0 Å². The molecule has 0 aromatic heterocycles. The summed E-state index contributed by atoms with van der Waals surface area (Å²) in [5, 5.41) is 0. The van der Waals surface area contributed by atoms with Crippen LogP contribution in [0.2, 0.25) is 0 Å². The summed E-state index contributed by atoms with van der Waals surface area (Å²) in [5.74, 6) is -0.697. The van der Waals surface area contributed by atoms with Gasteiger partial charge in [0.05, 0.1) is 5.69 Å². The molecule has 5 heteroatoms. The number of urea groups is 1. The van der Waals surface area contributed by atoms with E-state index in [-0.39, 0.29) is 23.6 Å². The van der Waals surface area contributed by atoms with E-state index in [9.17, 15) is 13.6 Å². The number of hydrogen-bond donors (Lipinski definition) is 0. The number of nitrogens with zero attached hydrogens (tertiary/aromatic N) is 2. The molecule has 1 aliphatic heterocycles. The van der Waals surface area contributed by atoms with Crippen LogP contribution in [-0.2, 0) is 0 Å². The lowest BCUT2D eigenvalue weighted by molar-refractivity contribution is 0.252. The maximum atomic E-state index is 14.2. The van der Waals surface area contributed by atoms with Crippen LogP contribution in [0.15, 0.2) is 72.8 Å². The molecule has 1 aliphatic rings. The van der Waals surface area contributed by atoms with E-state index < -0.39 is 0 Å². The second kappa shape index (κ2) is 8.03. The average molecular weight is 392 g/mol. The summed E-state index contributed by atoms with van der Waals surface area (Å²) in [7, 11) is 1.72. The summed E-state index contributed by atoms with van der Waals surface area (Å²) >= 11 is 0. The Hall–Kier alpha value is -3.21. The summed E-state index contributed by atoms with van der Waals surface area (Å²) in [6, 6.07) is 20.2. The molecule has 0 saturated heterocycles. The van der Waals surface area contributed by atoms with Crippen molar-refractivity contribution in [1.29, 1.82) is 0 Å². The van der Waals surface area contributed by atoms with E-state index in [0.29, 0.717) is 12.2 Å². The van der Waals surface area contributed by atoms with Gasteiger partial charge in [0, 0.05) is 25.2 Å². The minimum absolute atomic E-state index is 0.0222. The molecule has 3 aromatic carbocycles. The van der Waals surface area contributed by atoms with E-state index in [4.69, 9.17) is 0 Å². The molecule has 0 aliphatic carbocycles. The van der Waals surface area contributed by atoms with Gasteiger partial charge in [0.25, 0.3) is 0 Å². The monoisotopic (exact) mass is 392 g/mol. The Kier molecular flexibility index (Phi) is 5.30. The molecule has 0 fully saturated rings. The summed E-state index contributed by atoms with van der Waals surface area (Å²) in [6.45, 7) is 0.490. The van der Waals surface area contributed by atoms with Gasteiger partial charge in [-0.1, -0.05) is 36.4 Å². The van der Waals surface area contributed by atoms with E-state index >= 15 is 0 Å². The van der Waals surface area contributed by atoms with Gasteiger partial charge in [-0.25, -0.2) is 13.6 Å². The zero-order chi connectivity index (χ0) is 20.4. The van der Waals surface area contributed by atoms with Gasteiger partial charge < -0.3 is 0 Å². The molecule has 0 saturated carbocycles. The highest BCUT2D eigenvalue weighted by Gasteiger charge is 2.29. The lowest BCUT2D eigenvalue weighted by Gasteiger charge is -2.29. The fourth-order valence-corrected chi connectivity index (χ4v) is 3.96. The maximum Gasteiger partial charge on any atom is 0.328 e. The van der Waals surface area contributed by atoms with E-state index in [1.165, 1.54) is 24.3 Å². The largest absolute Gasteiger partial charge is 0.328 e. The lowest BCUT2D eigenvalue weighted by atomic mass is 9.87. The Labute approximate surface area is 169 Å². The molecule has 0 bridgehead atoms. The molecule has 2 amide bonds. The van der Waals surface area contributed by atoms with Gasteiger partial charge in [-0.3, -0.25) is 9.80 Å². The number of carbonyl (C=O) groups is 1. The maximum absolute atomic E-state index is 14.2. The molecule has 0 radical (unpaired) electrons. The summed E-state index contributed by atoms with van der Waals surface area (Å²) < 4.78 is 27.6. The van der Waals surface area contributed by atoms with Crippen molar-refractivity contribution in [2.45, 2.75) is 18.8 Å². The van der Waals surface area contributed by atoms with Crippen LogP contribution in [0, 0.1) is 11.6 Å². The third-order valence-electron chi connectivity index (χ3n) is 5.47. The summed E-state index contributed by atoms with van der Waals surface area (Å²) in [6.07, 6.45) is 1.55. The van der Waals surface area contributed by atoms with E-state index in [0.717, 1.165) is 29.7 Å². The fourth-order valence-electron chi connectivity index (χ4n) is 3.96. The number of para-hydroxylation sites is 1. The Balaban J connectivity index is 1.74. The molecule has 1 heterocycles. The Morgan fingerprint density at radius 1 is 0.966 bits per heavy atom. The lowest BCUT2D eigenvalue weighted by Crippen LogP contribution is -2.42. The number of anilines is 2. The number of rotatable bonds is 2. The molecule has 29 heavy (non-hydrogen) atoms. The highest BCUT2D eigenvalue weighted by Crippen LogP contribution is 2.39. The number of fused-ring (bicyclic) bond motifs is 1. The Morgan fingerprint density at radius 2 is 1.66 bits per heavy atom. The van der Waals surface area contributed by atoms with Crippen molar-refractivity contribution in [1.82, 2.24) is 0 Å².